The van der Waals surface area contributed by atoms with E-state index in [1.165, 1.54) is 0 Å². The van der Waals surface area contributed by atoms with Crippen LogP contribution in [0.5, 0.6) is 0 Å². The number of fused-ring (bicyclic) bond motifs is 1. The second-order valence-electron chi connectivity index (χ2n) is 5.22. The van der Waals surface area contributed by atoms with Crippen molar-refractivity contribution in [1.29, 1.82) is 0 Å². The largest absolute Gasteiger partial charge is 0.354 e. The molecule has 1 aliphatic heterocycles. The second kappa shape index (κ2) is 6.50. The molecule has 0 spiro atoms. The summed E-state index contributed by atoms with van der Waals surface area (Å²) in [4.78, 5) is 28.7. The van der Waals surface area contributed by atoms with Gasteiger partial charge in [0.2, 0.25) is 5.91 Å². The van der Waals surface area contributed by atoms with Crippen LogP contribution in [-0.2, 0) is 18.3 Å². The first-order valence-electron chi connectivity index (χ1n) is 7.20. The van der Waals surface area contributed by atoms with Gasteiger partial charge in [0, 0.05) is 31.6 Å². The molecule has 0 bridgehead atoms. The van der Waals surface area contributed by atoms with E-state index in [1.54, 1.807) is 29.4 Å². The van der Waals surface area contributed by atoms with Crippen LogP contribution in [0, 0.1) is 0 Å². The third-order valence-electron chi connectivity index (χ3n) is 3.76. The fourth-order valence-corrected chi connectivity index (χ4v) is 3.41. The van der Waals surface area contributed by atoms with Crippen molar-refractivity contribution in [2.45, 2.75) is 12.5 Å². The minimum atomic E-state index is -0.113. The summed E-state index contributed by atoms with van der Waals surface area (Å²) in [5.74, 6) is 2.31. The number of carbonyl (C=O) groups excluding carboxylic acids is 1. The van der Waals surface area contributed by atoms with E-state index >= 15 is 0 Å². The van der Waals surface area contributed by atoms with Crippen LogP contribution in [0.4, 0.5) is 0 Å². The molecular weight excluding hydrogens is 300 g/mol. The minimum Gasteiger partial charge on any atom is -0.354 e. The van der Waals surface area contributed by atoms with E-state index in [1.807, 2.05) is 18.2 Å². The monoisotopic (exact) mass is 318 g/mol. The lowest BCUT2D eigenvalue weighted by Gasteiger charge is -2.12. The summed E-state index contributed by atoms with van der Waals surface area (Å²) < 4.78 is 1.55. The molecule has 1 atom stereocenters. The number of amides is 1. The van der Waals surface area contributed by atoms with E-state index in [0.717, 1.165) is 11.6 Å². The molecule has 116 valence electrons. The highest BCUT2D eigenvalue weighted by molar-refractivity contribution is 7.99. The predicted molar refractivity (Wildman–Crippen MR) is 87.9 cm³/mol. The summed E-state index contributed by atoms with van der Waals surface area (Å²) in [6.07, 6.45) is 0.530. The van der Waals surface area contributed by atoms with Crippen LogP contribution >= 0.6 is 11.8 Å². The highest BCUT2D eigenvalue weighted by Crippen LogP contribution is 2.09. The van der Waals surface area contributed by atoms with E-state index in [-0.39, 0.29) is 17.5 Å². The Labute approximate surface area is 132 Å². The smallest absolute Gasteiger partial charge is 0.261 e. The highest BCUT2D eigenvalue weighted by Gasteiger charge is 2.21. The molecule has 1 amide bonds. The van der Waals surface area contributed by atoms with Crippen molar-refractivity contribution in [3.63, 3.8) is 0 Å². The molecule has 1 aromatic carbocycles. The zero-order chi connectivity index (χ0) is 15.5. The molecule has 1 aromatic heterocycles. The SMILES string of the molecule is Cn1c(CCNC(=O)C2CSCN2)nc2ccccc2c1=O. The van der Waals surface area contributed by atoms with E-state index < -0.39 is 0 Å². The van der Waals surface area contributed by atoms with Crippen molar-refractivity contribution in [3.05, 3.63) is 40.4 Å². The summed E-state index contributed by atoms with van der Waals surface area (Å²) in [7, 11) is 1.72. The molecule has 2 heterocycles. The van der Waals surface area contributed by atoms with Crippen molar-refractivity contribution < 1.29 is 4.79 Å². The van der Waals surface area contributed by atoms with Gasteiger partial charge in [-0.15, -0.1) is 11.8 Å². The molecule has 22 heavy (non-hydrogen) atoms. The molecule has 6 nitrogen and oxygen atoms in total. The van der Waals surface area contributed by atoms with Crippen molar-refractivity contribution in [1.82, 2.24) is 20.2 Å². The van der Waals surface area contributed by atoms with E-state index in [9.17, 15) is 9.59 Å². The summed E-state index contributed by atoms with van der Waals surface area (Å²) >= 11 is 1.72. The fourth-order valence-electron chi connectivity index (χ4n) is 2.47. The Hall–Kier alpha value is -1.86. The second-order valence-corrected chi connectivity index (χ2v) is 6.25. The molecule has 0 saturated carbocycles. The summed E-state index contributed by atoms with van der Waals surface area (Å²) in [5.41, 5.74) is 0.640. The van der Waals surface area contributed by atoms with Crippen LogP contribution in [0.2, 0.25) is 0 Å². The fraction of sp³-hybridized carbons (Fsp3) is 0.400. The van der Waals surface area contributed by atoms with Crippen molar-refractivity contribution >= 4 is 28.6 Å². The van der Waals surface area contributed by atoms with Gasteiger partial charge in [0.15, 0.2) is 0 Å². The van der Waals surface area contributed by atoms with Gasteiger partial charge < -0.3 is 5.32 Å². The Bertz CT molecular complexity index is 753. The Morgan fingerprint density at radius 2 is 2.32 bits per heavy atom. The summed E-state index contributed by atoms with van der Waals surface area (Å²) in [6, 6.07) is 7.19. The summed E-state index contributed by atoms with van der Waals surface area (Å²) in [5, 5.41) is 6.64. The molecular formula is C15H18N4O2S. The molecule has 3 rings (SSSR count). The number of hydrogen-bond donors (Lipinski definition) is 2. The lowest BCUT2D eigenvalue weighted by molar-refractivity contribution is -0.122. The molecule has 1 saturated heterocycles. The maximum atomic E-state index is 12.3. The van der Waals surface area contributed by atoms with Gasteiger partial charge in [-0.05, 0) is 12.1 Å². The number of thioether (sulfide) groups is 1. The van der Waals surface area contributed by atoms with E-state index in [2.05, 4.69) is 15.6 Å². The van der Waals surface area contributed by atoms with Crippen LogP contribution in [0.15, 0.2) is 29.1 Å². The van der Waals surface area contributed by atoms with Gasteiger partial charge in [0.1, 0.15) is 5.82 Å². The molecule has 1 aliphatic rings. The third-order valence-corrected chi connectivity index (χ3v) is 4.70. The molecule has 0 aliphatic carbocycles. The lowest BCUT2D eigenvalue weighted by atomic mass is 10.2. The third kappa shape index (κ3) is 3.00. The number of para-hydroxylation sites is 1. The van der Waals surface area contributed by atoms with Gasteiger partial charge in [-0.2, -0.15) is 0 Å². The zero-order valence-corrected chi connectivity index (χ0v) is 13.2. The first-order chi connectivity index (χ1) is 10.7. The first kappa shape index (κ1) is 15.1. The summed E-state index contributed by atoms with van der Waals surface area (Å²) in [6.45, 7) is 0.473. The number of carbonyl (C=O) groups is 1. The average Bonchev–Trinajstić information content (AvgIpc) is 3.06. The van der Waals surface area contributed by atoms with Gasteiger partial charge in [-0.3, -0.25) is 19.5 Å². The molecule has 1 fully saturated rings. The predicted octanol–water partition coefficient (Wildman–Crippen LogP) is 0.255. The van der Waals surface area contributed by atoms with Gasteiger partial charge in [-0.25, -0.2) is 4.98 Å². The molecule has 1 unspecified atom stereocenters. The highest BCUT2D eigenvalue weighted by atomic mass is 32.2. The zero-order valence-electron chi connectivity index (χ0n) is 12.3. The Balaban J connectivity index is 1.70. The van der Waals surface area contributed by atoms with Crippen molar-refractivity contribution in [3.8, 4) is 0 Å². The molecule has 7 heteroatoms. The topological polar surface area (TPSA) is 76.0 Å². The van der Waals surface area contributed by atoms with Gasteiger partial charge in [0.25, 0.3) is 5.56 Å². The number of hydrogen-bond acceptors (Lipinski definition) is 5. The quantitative estimate of drug-likeness (QED) is 0.845. The molecule has 2 aromatic rings. The minimum absolute atomic E-state index is 0.00999. The van der Waals surface area contributed by atoms with Gasteiger partial charge in [-0.1, -0.05) is 12.1 Å². The normalized spacial score (nSPS) is 17.8. The molecule has 0 radical (unpaired) electrons. The van der Waals surface area contributed by atoms with Crippen molar-refractivity contribution in [2.24, 2.45) is 7.05 Å². The average molecular weight is 318 g/mol. The van der Waals surface area contributed by atoms with Gasteiger partial charge >= 0.3 is 0 Å². The Kier molecular flexibility index (Phi) is 4.44. The van der Waals surface area contributed by atoms with E-state index in [0.29, 0.717) is 29.7 Å². The lowest BCUT2D eigenvalue weighted by Crippen LogP contribution is -2.42. The van der Waals surface area contributed by atoms with Crippen molar-refractivity contribution in [2.75, 3.05) is 18.2 Å². The number of nitrogens with zero attached hydrogens (tertiary/aromatic N) is 2. The van der Waals surface area contributed by atoms with Gasteiger partial charge in [0.05, 0.1) is 16.9 Å². The van der Waals surface area contributed by atoms with Crippen LogP contribution in [-0.4, -0.2) is 39.7 Å². The Morgan fingerprint density at radius 3 is 3.09 bits per heavy atom. The maximum Gasteiger partial charge on any atom is 0.261 e. The maximum absolute atomic E-state index is 12.3. The first-order valence-corrected chi connectivity index (χ1v) is 8.36. The van der Waals surface area contributed by atoms with Crippen LogP contribution in [0.1, 0.15) is 5.82 Å². The van der Waals surface area contributed by atoms with E-state index in [4.69, 9.17) is 0 Å². The molecule has 2 N–H and O–H groups in total. The number of nitrogens with one attached hydrogen (secondary N) is 2. The number of aromatic nitrogens is 2. The van der Waals surface area contributed by atoms with Crippen LogP contribution in [0.25, 0.3) is 10.9 Å². The standard InChI is InChI=1S/C15H18N4O2S/c1-19-13(6-7-16-14(20)12-8-22-9-17-12)18-11-5-3-2-4-10(11)15(19)21/h2-5,12,17H,6-9H2,1H3,(H,16,20). The Morgan fingerprint density at radius 1 is 1.50 bits per heavy atom. The number of rotatable bonds is 4. The van der Waals surface area contributed by atoms with Crippen LogP contribution in [0.3, 0.4) is 0 Å². The number of benzene rings is 1. The van der Waals surface area contributed by atoms with Crippen LogP contribution < -0.4 is 16.2 Å².